The molecule has 0 fully saturated rings. The van der Waals surface area contributed by atoms with Gasteiger partial charge in [0.25, 0.3) is 5.91 Å². The summed E-state index contributed by atoms with van der Waals surface area (Å²) in [5, 5.41) is 11.7. The highest BCUT2D eigenvalue weighted by Gasteiger charge is 2.14. The summed E-state index contributed by atoms with van der Waals surface area (Å²) in [5.74, 6) is -2.87. The number of carbonyl (C=O) groups excluding carboxylic acids is 3. The molecule has 27 heavy (non-hydrogen) atoms. The van der Waals surface area contributed by atoms with Crippen molar-refractivity contribution >= 4 is 29.5 Å². The number of ether oxygens (including phenoxy) is 2. The first-order chi connectivity index (χ1) is 12.7. The van der Waals surface area contributed by atoms with Crippen LogP contribution < -0.4 is 14.8 Å². The Bertz CT molecular complexity index is 899. The molecule has 0 radical (unpaired) electrons. The number of anilines is 1. The van der Waals surface area contributed by atoms with Crippen LogP contribution in [0.15, 0.2) is 36.4 Å². The summed E-state index contributed by atoms with van der Waals surface area (Å²) in [6, 6.07) is 8.36. The molecule has 8 heteroatoms. The molecule has 2 N–H and O–H groups in total. The van der Waals surface area contributed by atoms with Gasteiger partial charge in [0.05, 0.1) is 5.56 Å². The number of esters is 2. The Morgan fingerprint density at radius 2 is 1.44 bits per heavy atom. The molecule has 2 aromatic carbocycles. The zero-order chi connectivity index (χ0) is 20.1. The van der Waals surface area contributed by atoms with Crippen LogP contribution in [0.1, 0.15) is 40.1 Å². The van der Waals surface area contributed by atoms with Crippen LogP contribution >= 0.6 is 0 Å². The number of carboxylic acids is 1. The highest BCUT2D eigenvalue weighted by Crippen LogP contribution is 2.25. The summed E-state index contributed by atoms with van der Waals surface area (Å²) < 4.78 is 9.91. The van der Waals surface area contributed by atoms with Crippen molar-refractivity contribution in [2.75, 3.05) is 5.32 Å². The van der Waals surface area contributed by atoms with Gasteiger partial charge in [-0.1, -0.05) is 6.07 Å². The van der Waals surface area contributed by atoms with Crippen LogP contribution in [0.5, 0.6) is 11.5 Å². The number of aromatic carboxylic acids is 1. The number of benzene rings is 2. The van der Waals surface area contributed by atoms with Gasteiger partial charge in [0, 0.05) is 31.2 Å². The number of carbonyl (C=O) groups is 4. The van der Waals surface area contributed by atoms with E-state index >= 15 is 0 Å². The van der Waals surface area contributed by atoms with Crippen LogP contribution in [0.25, 0.3) is 0 Å². The molecule has 0 spiro atoms. The van der Waals surface area contributed by atoms with Gasteiger partial charge in [-0.15, -0.1) is 0 Å². The maximum absolute atomic E-state index is 12.5. The summed E-state index contributed by atoms with van der Waals surface area (Å²) in [6.07, 6.45) is 0. The Morgan fingerprint density at radius 1 is 0.889 bits per heavy atom. The van der Waals surface area contributed by atoms with E-state index in [0.717, 1.165) is 0 Å². The van der Waals surface area contributed by atoms with Gasteiger partial charge in [-0.2, -0.15) is 0 Å². The number of amides is 1. The number of rotatable bonds is 5. The number of hydrogen-bond donors (Lipinski definition) is 2. The molecule has 0 saturated heterocycles. The molecule has 0 aromatic heterocycles. The zero-order valence-corrected chi connectivity index (χ0v) is 14.9. The second-order valence-electron chi connectivity index (χ2n) is 5.67. The minimum Gasteiger partial charge on any atom is -0.478 e. The van der Waals surface area contributed by atoms with E-state index in [0.29, 0.717) is 5.56 Å². The fourth-order valence-corrected chi connectivity index (χ4v) is 2.29. The van der Waals surface area contributed by atoms with E-state index in [9.17, 15) is 24.3 Å². The number of nitrogens with one attached hydrogen (secondary N) is 1. The molecule has 0 saturated carbocycles. The second-order valence-corrected chi connectivity index (χ2v) is 5.67. The monoisotopic (exact) mass is 371 g/mol. The fourth-order valence-electron chi connectivity index (χ4n) is 2.29. The van der Waals surface area contributed by atoms with Crippen molar-refractivity contribution in [3.63, 3.8) is 0 Å². The summed E-state index contributed by atoms with van der Waals surface area (Å²) in [7, 11) is 0. The lowest BCUT2D eigenvalue weighted by molar-refractivity contribution is -0.132. The highest BCUT2D eigenvalue weighted by atomic mass is 16.5. The second kappa shape index (κ2) is 8.13. The maximum atomic E-state index is 12.5. The first-order valence-electron chi connectivity index (χ1n) is 7.83. The van der Waals surface area contributed by atoms with Crippen LogP contribution in [0.3, 0.4) is 0 Å². The molecular formula is C19H17NO7. The minimum absolute atomic E-state index is 0.0292. The van der Waals surface area contributed by atoms with Gasteiger partial charge < -0.3 is 19.9 Å². The Morgan fingerprint density at radius 3 is 1.93 bits per heavy atom. The smallest absolute Gasteiger partial charge is 0.336 e. The van der Waals surface area contributed by atoms with Crippen LogP contribution in [0, 0.1) is 6.92 Å². The zero-order valence-electron chi connectivity index (χ0n) is 14.9. The van der Waals surface area contributed by atoms with Gasteiger partial charge in [-0.3, -0.25) is 14.4 Å². The third kappa shape index (κ3) is 5.40. The van der Waals surface area contributed by atoms with Gasteiger partial charge in [0.2, 0.25) is 0 Å². The average molecular weight is 371 g/mol. The quantitative estimate of drug-likeness (QED) is 0.613. The molecule has 0 aliphatic rings. The lowest BCUT2D eigenvalue weighted by atomic mass is 10.1. The predicted molar refractivity (Wildman–Crippen MR) is 95.2 cm³/mol. The number of carboxylic acid groups (broad SMARTS) is 1. The predicted octanol–water partition coefficient (Wildman–Crippen LogP) is 2.80. The third-order valence-electron chi connectivity index (χ3n) is 3.39. The molecule has 0 unspecified atom stereocenters. The topological polar surface area (TPSA) is 119 Å². The number of aryl methyl sites for hydroxylation is 1. The molecule has 0 bridgehead atoms. The highest BCUT2D eigenvalue weighted by molar-refractivity contribution is 6.05. The van der Waals surface area contributed by atoms with E-state index in [-0.39, 0.29) is 28.3 Å². The molecule has 140 valence electrons. The normalized spacial score (nSPS) is 10.0. The van der Waals surface area contributed by atoms with Crippen molar-refractivity contribution in [3.05, 3.63) is 53.1 Å². The van der Waals surface area contributed by atoms with E-state index in [1.165, 1.54) is 38.1 Å². The van der Waals surface area contributed by atoms with Crippen molar-refractivity contribution in [3.8, 4) is 11.5 Å². The van der Waals surface area contributed by atoms with Crippen molar-refractivity contribution in [2.45, 2.75) is 20.8 Å². The van der Waals surface area contributed by atoms with Crippen LogP contribution in [-0.4, -0.2) is 28.9 Å². The van der Waals surface area contributed by atoms with E-state index in [1.54, 1.807) is 19.1 Å². The van der Waals surface area contributed by atoms with E-state index in [1.807, 2.05) is 0 Å². The summed E-state index contributed by atoms with van der Waals surface area (Å²) in [6.45, 7) is 4.03. The lowest BCUT2D eigenvalue weighted by Gasteiger charge is -2.11. The Balaban J connectivity index is 2.34. The molecule has 8 nitrogen and oxygen atoms in total. The van der Waals surface area contributed by atoms with Crippen molar-refractivity contribution in [1.82, 2.24) is 0 Å². The van der Waals surface area contributed by atoms with E-state index in [4.69, 9.17) is 9.47 Å². The first kappa shape index (κ1) is 19.6. The Hall–Kier alpha value is -3.68. The first-order valence-corrected chi connectivity index (χ1v) is 7.83. The fraction of sp³-hybridized carbons (Fsp3) is 0.158. The largest absolute Gasteiger partial charge is 0.478 e. The molecule has 1 amide bonds. The van der Waals surface area contributed by atoms with Gasteiger partial charge in [-0.05, 0) is 36.8 Å². The van der Waals surface area contributed by atoms with Crippen LogP contribution in [0.4, 0.5) is 5.69 Å². The summed E-state index contributed by atoms with van der Waals surface area (Å²) in [4.78, 5) is 46.1. The van der Waals surface area contributed by atoms with Gasteiger partial charge in [0.15, 0.2) is 0 Å². The molecule has 0 atom stereocenters. The Kier molecular flexibility index (Phi) is 5.92. The molecular weight excluding hydrogens is 354 g/mol. The maximum Gasteiger partial charge on any atom is 0.336 e. The average Bonchev–Trinajstić information content (AvgIpc) is 2.54. The van der Waals surface area contributed by atoms with Gasteiger partial charge >= 0.3 is 17.9 Å². The summed E-state index contributed by atoms with van der Waals surface area (Å²) in [5.41, 5.74) is 0.939. The van der Waals surface area contributed by atoms with Gasteiger partial charge in [-0.25, -0.2) is 4.79 Å². The Labute approximate surface area is 154 Å². The van der Waals surface area contributed by atoms with Crippen LogP contribution in [-0.2, 0) is 9.59 Å². The molecule has 2 aromatic rings. The molecule has 0 aliphatic carbocycles. The molecule has 0 aliphatic heterocycles. The molecule has 2 rings (SSSR count). The van der Waals surface area contributed by atoms with Crippen molar-refractivity contribution < 1.29 is 33.8 Å². The summed E-state index contributed by atoms with van der Waals surface area (Å²) >= 11 is 0. The van der Waals surface area contributed by atoms with Gasteiger partial charge in [0.1, 0.15) is 11.5 Å². The number of hydrogen-bond acceptors (Lipinski definition) is 6. The van der Waals surface area contributed by atoms with Crippen molar-refractivity contribution in [1.29, 1.82) is 0 Å². The SMILES string of the molecule is CC(=O)Oc1cc(OC(C)=O)cc(C(=O)Nc2ccc(C)c(C(=O)O)c2)c1. The molecule has 0 heterocycles. The minimum atomic E-state index is -1.11. The van der Waals surface area contributed by atoms with E-state index in [2.05, 4.69) is 5.32 Å². The van der Waals surface area contributed by atoms with Crippen LogP contribution in [0.2, 0.25) is 0 Å². The third-order valence-corrected chi connectivity index (χ3v) is 3.39. The van der Waals surface area contributed by atoms with Crippen molar-refractivity contribution in [2.24, 2.45) is 0 Å². The lowest BCUT2D eigenvalue weighted by Crippen LogP contribution is -2.14. The van der Waals surface area contributed by atoms with E-state index < -0.39 is 23.8 Å². The standard InChI is InChI=1S/C19H17NO7/c1-10-4-5-14(8-17(10)19(24)25)20-18(23)13-6-15(26-11(2)21)9-16(7-13)27-12(3)22/h4-9H,1-3H3,(H,20,23)(H,24,25).